The van der Waals surface area contributed by atoms with Gasteiger partial charge >= 0.3 is 0 Å². The second-order valence-corrected chi connectivity index (χ2v) is 6.00. The Kier molecular flexibility index (Phi) is 8.86. The number of carbonyl (C=O) groups is 1. The van der Waals surface area contributed by atoms with Crippen LogP contribution < -0.4 is 10.6 Å². The van der Waals surface area contributed by atoms with Crippen molar-refractivity contribution < 1.29 is 4.79 Å². The van der Waals surface area contributed by atoms with E-state index in [1.165, 1.54) is 19.3 Å². The Morgan fingerprint density at radius 1 is 1.25 bits per heavy atom. The largest absolute Gasteiger partial charge is 0.352 e. The summed E-state index contributed by atoms with van der Waals surface area (Å²) in [6, 6.07) is 0.849. The molecule has 0 bridgehead atoms. The maximum absolute atomic E-state index is 11.8. The number of nitrogens with one attached hydrogen (secondary N) is 2. The highest BCUT2D eigenvalue weighted by atomic mass is 16.1. The van der Waals surface area contributed by atoms with E-state index in [1.807, 2.05) is 0 Å². The van der Waals surface area contributed by atoms with Crippen molar-refractivity contribution in [1.82, 2.24) is 15.5 Å². The average molecular weight is 283 g/mol. The number of hydrogen-bond acceptors (Lipinski definition) is 3. The Hall–Kier alpha value is -0.610. The van der Waals surface area contributed by atoms with Gasteiger partial charge in [-0.15, -0.1) is 0 Å². The number of nitrogens with zero attached hydrogens (tertiary/aromatic N) is 1. The average Bonchev–Trinajstić information content (AvgIpc) is 2.94. The molecule has 4 nitrogen and oxygen atoms in total. The Bertz CT molecular complexity index is 260. The Morgan fingerprint density at radius 2 is 1.90 bits per heavy atom. The first-order valence-corrected chi connectivity index (χ1v) is 8.40. The molecule has 1 aliphatic carbocycles. The molecule has 0 aromatic heterocycles. The monoisotopic (exact) mass is 283 g/mol. The molecular formula is C16H33N3O. The van der Waals surface area contributed by atoms with Crippen LogP contribution in [0.3, 0.4) is 0 Å². The topological polar surface area (TPSA) is 44.4 Å². The van der Waals surface area contributed by atoms with E-state index in [0.717, 1.165) is 38.9 Å². The van der Waals surface area contributed by atoms with Crippen molar-refractivity contribution in [3.05, 3.63) is 0 Å². The standard InChI is InChI=1S/C16H33N3O/c1-4-19(5-2)12-8-9-14(3)17-13-16(20)18-15-10-6-7-11-15/h14-15,17H,4-13H2,1-3H3,(H,18,20). The fourth-order valence-electron chi connectivity index (χ4n) is 2.88. The summed E-state index contributed by atoms with van der Waals surface area (Å²) in [7, 11) is 0. The molecule has 1 rings (SSSR count). The van der Waals surface area contributed by atoms with Gasteiger partial charge in [0.1, 0.15) is 0 Å². The summed E-state index contributed by atoms with van der Waals surface area (Å²) in [5, 5.41) is 6.45. The Labute approximate surface area is 124 Å². The Morgan fingerprint density at radius 3 is 2.50 bits per heavy atom. The number of amides is 1. The highest BCUT2D eigenvalue weighted by molar-refractivity contribution is 5.78. The molecule has 0 heterocycles. The minimum atomic E-state index is 0.160. The lowest BCUT2D eigenvalue weighted by Crippen LogP contribution is -2.41. The molecule has 1 fully saturated rings. The van der Waals surface area contributed by atoms with Gasteiger partial charge in [-0.05, 0) is 52.2 Å². The molecule has 0 aromatic carbocycles. The summed E-state index contributed by atoms with van der Waals surface area (Å²) in [5.74, 6) is 0.160. The van der Waals surface area contributed by atoms with E-state index in [1.54, 1.807) is 0 Å². The smallest absolute Gasteiger partial charge is 0.234 e. The predicted octanol–water partition coefficient (Wildman–Crippen LogP) is 2.15. The third kappa shape index (κ3) is 7.25. The second kappa shape index (κ2) is 10.2. The van der Waals surface area contributed by atoms with Crippen LogP contribution in [0.1, 0.15) is 59.3 Å². The van der Waals surface area contributed by atoms with Crippen molar-refractivity contribution in [2.75, 3.05) is 26.2 Å². The van der Waals surface area contributed by atoms with Gasteiger partial charge in [-0.3, -0.25) is 4.79 Å². The van der Waals surface area contributed by atoms with Gasteiger partial charge in [-0.2, -0.15) is 0 Å². The maximum Gasteiger partial charge on any atom is 0.234 e. The number of hydrogen-bond donors (Lipinski definition) is 2. The lowest BCUT2D eigenvalue weighted by molar-refractivity contribution is -0.121. The Balaban J connectivity index is 2.03. The highest BCUT2D eigenvalue weighted by Gasteiger charge is 2.17. The van der Waals surface area contributed by atoms with E-state index in [2.05, 4.69) is 36.3 Å². The number of carbonyl (C=O) groups excluding carboxylic acids is 1. The van der Waals surface area contributed by atoms with E-state index >= 15 is 0 Å². The summed E-state index contributed by atoms with van der Waals surface area (Å²) in [6.07, 6.45) is 7.17. The van der Waals surface area contributed by atoms with Crippen molar-refractivity contribution in [3.63, 3.8) is 0 Å². The summed E-state index contributed by atoms with van der Waals surface area (Å²) in [5.41, 5.74) is 0. The zero-order chi connectivity index (χ0) is 14.8. The van der Waals surface area contributed by atoms with Crippen molar-refractivity contribution in [2.45, 2.75) is 71.4 Å². The molecular weight excluding hydrogens is 250 g/mol. The van der Waals surface area contributed by atoms with Crippen LogP contribution in [0.25, 0.3) is 0 Å². The van der Waals surface area contributed by atoms with Gasteiger partial charge < -0.3 is 15.5 Å². The van der Waals surface area contributed by atoms with E-state index in [4.69, 9.17) is 0 Å². The first kappa shape index (κ1) is 17.4. The van der Waals surface area contributed by atoms with Crippen LogP contribution in [-0.2, 0) is 4.79 Å². The third-order valence-electron chi connectivity index (χ3n) is 4.34. The molecule has 20 heavy (non-hydrogen) atoms. The molecule has 0 spiro atoms. The molecule has 0 radical (unpaired) electrons. The van der Waals surface area contributed by atoms with Crippen LogP contribution in [0.2, 0.25) is 0 Å². The molecule has 1 unspecified atom stereocenters. The van der Waals surface area contributed by atoms with Crippen LogP contribution in [0, 0.1) is 0 Å². The predicted molar refractivity (Wildman–Crippen MR) is 84.9 cm³/mol. The van der Waals surface area contributed by atoms with Gasteiger partial charge in [-0.1, -0.05) is 26.7 Å². The number of rotatable bonds is 10. The van der Waals surface area contributed by atoms with Crippen LogP contribution >= 0.6 is 0 Å². The molecule has 1 saturated carbocycles. The molecule has 0 aromatic rings. The minimum absolute atomic E-state index is 0.160. The van der Waals surface area contributed by atoms with Crippen LogP contribution in [0.4, 0.5) is 0 Å². The van der Waals surface area contributed by atoms with E-state index in [0.29, 0.717) is 18.6 Å². The molecule has 0 aliphatic heterocycles. The fraction of sp³-hybridized carbons (Fsp3) is 0.938. The normalized spacial score (nSPS) is 17.6. The van der Waals surface area contributed by atoms with Gasteiger partial charge in [0, 0.05) is 12.1 Å². The first-order chi connectivity index (χ1) is 9.65. The SMILES string of the molecule is CCN(CC)CCCC(C)NCC(=O)NC1CCCC1. The lowest BCUT2D eigenvalue weighted by atomic mass is 10.1. The van der Waals surface area contributed by atoms with Gasteiger partial charge in [0.05, 0.1) is 6.54 Å². The summed E-state index contributed by atoms with van der Waals surface area (Å²) in [4.78, 5) is 14.2. The summed E-state index contributed by atoms with van der Waals surface area (Å²) in [6.45, 7) is 10.5. The summed E-state index contributed by atoms with van der Waals surface area (Å²) < 4.78 is 0. The van der Waals surface area contributed by atoms with Crippen LogP contribution in [0.15, 0.2) is 0 Å². The maximum atomic E-state index is 11.8. The van der Waals surface area contributed by atoms with Crippen LogP contribution in [0.5, 0.6) is 0 Å². The lowest BCUT2D eigenvalue weighted by Gasteiger charge is -2.20. The first-order valence-electron chi connectivity index (χ1n) is 8.40. The molecule has 0 saturated heterocycles. The molecule has 1 atom stereocenters. The van der Waals surface area contributed by atoms with Gasteiger partial charge in [0.15, 0.2) is 0 Å². The molecule has 118 valence electrons. The van der Waals surface area contributed by atoms with E-state index < -0.39 is 0 Å². The van der Waals surface area contributed by atoms with Crippen molar-refractivity contribution in [2.24, 2.45) is 0 Å². The second-order valence-electron chi connectivity index (χ2n) is 6.00. The fourth-order valence-corrected chi connectivity index (χ4v) is 2.88. The molecule has 1 amide bonds. The van der Waals surface area contributed by atoms with E-state index in [-0.39, 0.29) is 5.91 Å². The van der Waals surface area contributed by atoms with Crippen LogP contribution in [-0.4, -0.2) is 49.1 Å². The molecule has 2 N–H and O–H groups in total. The van der Waals surface area contributed by atoms with E-state index in [9.17, 15) is 4.79 Å². The quantitative estimate of drug-likeness (QED) is 0.646. The minimum Gasteiger partial charge on any atom is -0.352 e. The highest BCUT2D eigenvalue weighted by Crippen LogP contribution is 2.17. The molecule has 4 heteroatoms. The van der Waals surface area contributed by atoms with Gasteiger partial charge in [-0.25, -0.2) is 0 Å². The van der Waals surface area contributed by atoms with Crippen molar-refractivity contribution in [3.8, 4) is 0 Å². The van der Waals surface area contributed by atoms with Crippen molar-refractivity contribution in [1.29, 1.82) is 0 Å². The summed E-state index contributed by atoms with van der Waals surface area (Å²) >= 11 is 0. The zero-order valence-electron chi connectivity index (χ0n) is 13.6. The van der Waals surface area contributed by atoms with Gasteiger partial charge in [0.25, 0.3) is 0 Å². The zero-order valence-corrected chi connectivity index (χ0v) is 13.6. The van der Waals surface area contributed by atoms with Gasteiger partial charge in [0.2, 0.25) is 5.91 Å². The third-order valence-corrected chi connectivity index (χ3v) is 4.34. The molecule has 1 aliphatic rings. The van der Waals surface area contributed by atoms with Crippen molar-refractivity contribution >= 4 is 5.91 Å².